The van der Waals surface area contributed by atoms with Crippen molar-refractivity contribution >= 4 is 23.2 Å². The number of nitrogens with zero attached hydrogens (tertiary/aromatic N) is 3. The summed E-state index contributed by atoms with van der Waals surface area (Å²) in [6, 6.07) is 18.9. The number of amides is 1. The van der Waals surface area contributed by atoms with Gasteiger partial charge in [-0.2, -0.15) is 5.10 Å². The van der Waals surface area contributed by atoms with Crippen molar-refractivity contribution in [2.45, 2.75) is 13.8 Å². The number of pyridine rings is 1. The summed E-state index contributed by atoms with van der Waals surface area (Å²) in [5.41, 5.74) is 5.60. The molecule has 0 aliphatic carbocycles. The van der Waals surface area contributed by atoms with Crippen LogP contribution in [0.3, 0.4) is 0 Å². The molecule has 6 heteroatoms. The lowest BCUT2D eigenvalue weighted by Gasteiger charge is -2.08. The molecular weight excluding hydrogens is 384 g/mol. The molecule has 2 aromatic carbocycles. The van der Waals surface area contributed by atoms with E-state index in [1.165, 1.54) is 0 Å². The zero-order valence-electron chi connectivity index (χ0n) is 16.1. The number of carbonyl (C=O) groups is 1. The van der Waals surface area contributed by atoms with E-state index in [0.717, 1.165) is 28.1 Å². The Bertz CT molecular complexity index is 1170. The molecule has 0 fully saturated rings. The van der Waals surface area contributed by atoms with Gasteiger partial charge in [0.1, 0.15) is 0 Å². The van der Waals surface area contributed by atoms with Gasteiger partial charge in [0.25, 0.3) is 5.91 Å². The summed E-state index contributed by atoms with van der Waals surface area (Å²) in [5, 5.41) is 8.13. The quantitative estimate of drug-likeness (QED) is 0.493. The van der Waals surface area contributed by atoms with Gasteiger partial charge < -0.3 is 5.32 Å². The first-order valence-corrected chi connectivity index (χ1v) is 9.54. The Labute approximate surface area is 174 Å². The fourth-order valence-corrected chi connectivity index (χ4v) is 3.28. The number of benzene rings is 2. The molecule has 0 saturated heterocycles. The van der Waals surface area contributed by atoms with E-state index in [4.69, 9.17) is 11.6 Å². The SMILES string of the molecule is Cc1ccc(-n2nc(C(=O)Nc3ccc(Cl)cc3C)cc2-c2cccnc2)cc1. The Morgan fingerprint density at radius 3 is 2.52 bits per heavy atom. The molecule has 4 rings (SSSR count). The molecule has 29 heavy (non-hydrogen) atoms. The van der Waals surface area contributed by atoms with E-state index in [2.05, 4.69) is 15.4 Å². The van der Waals surface area contributed by atoms with Crippen LogP contribution < -0.4 is 5.32 Å². The molecule has 0 radical (unpaired) electrons. The van der Waals surface area contributed by atoms with Crippen LogP contribution in [0.25, 0.3) is 16.9 Å². The number of nitrogens with one attached hydrogen (secondary N) is 1. The van der Waals surface area contributed by atoms with Gasteiger partial charge in [0.05, 0.1) is 11.4 Å². The minimum absolute atomic E-state index is 0.286. The van der Waals surface area contributed by atoms with E-state index in [9.17, 15) is 4.79 Å². The lowest BCUT2D eigenvalue weighted by Crippen LogP contribution is -2.14. The van der Waals surface area contributed by atoms with Crippen LogP contribution in [0, 0.1) is 13.8 Å². The molecule has 0 spiro atoms. The topological polar surface area (TPSA) is 59.8 Å². The first-order chi connectivity index (χ1) is 14.0. The van der Waals surface area contributed by atoms with Gasteiger partial charge in [0.2, 0.25) is 0 Å². The smallest absolute Gasteiger partial charge is 0.276 e. The van der Waals surface area contributed by atoms with E-state index in [1.807, 2.05) is 56.3 Å². The molecule has 0 atom stereocenters. The normalized spacial score (nSPS) is 10.7. The largest absolute Gasteiger partial charge is 0.320 e. The third-order valence-electron chi connectivity index (χ3n) is 4.61. The standard InChI is InChI=1S/C23H19ClN4O/c1-15-5-8-19(9-6-15)28-22(17-4-3-11-25-14-17)13-21(27-28)23(29)26-20-10-7-18(24)12-16(20)2/h3-14H,1-2H3,(H,26,29). The Morgan fingerprint density at radius 2 is 1.83 bits per heavy atom. The summed E-state index contributed by atoms with van der Waals surface area (Å²) in [6.45, 7) is 3.93. The highest BCUT2D eigenvalue weighted by Gasteiger charge is 2.17. The number of halogens is 1. The average molecular weight is 403 g/mol. The predicted molar refractivity (Wildman–Crippen MR) is 116 cm³/mol. The number of carbonyl (C=O) groups excluding carboxylic acids is 1. The molecule has 144 valence electrons. The Morgan fingerprint density at radius 1 is 1.03 bits per heavy atom. The number of rotatable bonds is 4. The lowest BCUT2D eigenvalue weighted by atomic mass is 10.1. The maximum Gasteiger partial charge on any atom is 0.276 e. The first-order valence-electron chi connectivity index (χ1n) is 9.16. The molecule has 2 heterocycles. The van der Waals surface area contributed by atoms with Gasteiger partial charge >= 0.3 is 0 Å². The summed E-state index contributed by atoms with van der Waals surface area (Å²) in [5.74, 6) is -0.286. The fraction of sp³-hybridized carbons (Fsp3) is 0.0870. The van der Waals surface area contributed by atoms with Gasteiger partial charge in [-0.05, 0) is 67.9 Å². The zero-order chi connectivity index (χ0) is 20.4. The molecule has 1 N–H and O–H groups in total. The summed E-state index contributed by atoms with van der Waals surface area (Å²) in [7, 11) is 0. The minimum Gasteiger partial charge on any atom is -0.320 e. The Kier molecular flexibility index (Phi) is 5.14. The monoisotopic (exact) mass is 402 g/mol. The maximum atomic E-state index is 12.9. The van der Waals surface area contributed by atoms with Gasteiger partial charge in [-0.3, -0.25) is 9.78 Å². The van der Waals surface area contributed by atoms with Crippen molar-refractivity contribution in [3.63, 3.8) is 0 Å². The molecule has 0 aliphatic rings. The molecule has 0 unspecified atom stereocenters. The lowest BCUT2D eigenvalue weighted by molar-refractivity contribution is 0.102. The van der Waals surface area contributed by atoms with E-state index in [1.54, 1.807) is 35.3 Å². The van der Waals surface area contributed by atoms with Crippen molar-refractivity contribution < 1.29 is 4.79 Å². The molecule has 4 aromatic rings. The molecule has 2 aromatic heterocycles. The van der Waals surface area contributed by atoms with Crippen LogP contribution in [-0.4, -0.2) is 20.7 Å². The first kappa shape index (κ1) is 18.9. The summed E-state index contributed by atoms with van der Waals surface area (Å²) >= 11 is 6.01. The maximum absolute atomic E-state index is 12.9. The van der Waals surface area contributed by atoms with Gasteiger partial charge in [0.15, 0.2) is 5.69 Å². The van der Waals surface area contributed by atoms with Crippen LogP contribution in [0.1, 0.15) is 21.6 Å². The highest BCUT2D eigenvalue weighted by molar-refractivity contribution is 6.30. The third-order valence-corrected chi connectivity index (χ3v) is 4.85. The number of aryl methyl sites for hydroxylation is 2. The fourth-order valence-electron chi connectivity index (χ4n) is 3.05. The van der Waals surface area contributed by atoms with Crippen LogP contribution in [0.2, 0.25) is 5.02 Å². The number of hydrogen-bond donors (Lipinski definition) is 1. The van der Waals surface area contributed by atoms with Crippen LogP contribution >= 0.6 is 11.6 Å². The van der Waals surface area contributed by atoms with Crippen LogP contribution in [-0.2, 0) is 0 Å². The highest BCUT2D eigenvalue weighted by atomic mass is 35.5. The average Bonchev–Trinajstić information content (AvgIpc) is 3.17. The highest BCUT2D eigenvalue weighted by Crippen LogP contribution is 2.25. The molecule has 1 amide bonds. The second-order valence-corrected chi connectivity index (χ2v) is 7.25. The molecule has 5 nitrogen and oxygen atoms in total. The van der Waals surface area contributed by atoms with Crippen molar-refractivity contribution in [2.24, 2.45) is 0 Å². The van der Waals surface area contributed by atoms with E-state index in [0.29, 0.717) is 16.4 Å². The number of hydrogen-bond acceptors (Lipinski definition) is 3. The second kappa shape index (κ2) is 7.89. The zero-order valence-corrected chi connectivity index (χ0v) is 16.8. The summed E-state index contributed by atoms with van der Waals surface area (Å²) < 4.78 is 1.76. The molecule has 0 saturated carbocycles. The predicted octanol–water partition coefficient (Wildman–Crippen LogP) is 5.46. The van der Waals surface area contributed by atoms with Crippen LogP contribution in [0.15, 0.2) is 73.1 Å². The Balaban J connectivity index is 1.74. The molecule has 0 bridgehead atoms. The second-order valence-electron chi connectivity index (χ2n) is 6.82. The summed E-state index contributed by atoms with van der Waals surface area (Å²) in [6.07, 6.45) is 3.47. The van der Waals surface area contributed by atoms with Gasteiger partial charge in [0, 0.05) is 28.7 Å². The van der Waals surface area contributed by atoms with Crippen molar-refractivity contribution in [2.75, 3.05) is 5.32 Å². The molecular formula is C23H19ClN4O. The van der Waals surface area contributed by atoms with E-state index < -0.39 is 0 Å². The van der Waals surface area contributed by atoms with Crippen LogP contribution in [0.5, 0.6) is 0 Å². The summed E-state index contributed by atoms with van der Waals surface area (Å²) in [4.78, 5) is 17.1. The molecule has 0 aliphatic heterocycles. The van der Waals surface area contributed by atoms with Crippen molar-refractivity contribution in [1.82, 2.24) is 14.8 Å². The van der Waals surface area contributed by atoms with E-state index in [-0.39, 0.29) is 5.91 Å². The van der Waals surface area contributed by atoms with Gasteiger partial charge in [-0.25, -0.2) is 4.68 Å². The van der Waals surface area contributed by atoms with Crippen molar-refractivity contribution in [3.8, 4) is 16.9 Å². The number of aromatic nitrogens is 3. The van der Waals surface area contributed by atoms with Gasteiger partial charge in [-0.15, -0.1) is 0 Å². The van der Waals surface area contributed by atoms with E-state index >= 15 is 0 Å². The van der Waals surface area contributed by atoms with Gasteiger partial charge in [-0.1, -0.05) is 29.3 Å². The van der Waals surface area contributed by atoms with Crippen molar-refractivity contribution in [1.29, 1.82) is 0 Å². The number of anilines is 1. The van der Waals surface area contributed by atoms with Crippen molar-refractivity contribution in [3.05, 3.63) is 94.9 Å². The third kappa shape index (κ3) is 4.05. The Hall–Kier alpha value is -3.44. The minimum atomic E-state index is -0.286. The van der Waals surface area contributed by atoms with Crippen LogP contribution in [0.4, 0.5) is 5.69 Å².